The maximum absolute atomic E-state index is 14.2. The van der Waals surface area contributed by atoms with Crippen LogP contribution in [0.3, 0.4) is 0 Å². The molecule has 1 fully saturated rings. The summed E-state index contributed by atoms with van der Waals surface area (Å²) in [5, 5.41) is 0. The molecule has 0 saturated carbocycles. The molecule has 2 aliphatic rings. The van der Waals surface area contributed by atoms with Gasteiger partial charge in [0.2, 0.25) is 5.89 Å². The number of nitrogens with zero attached hydrogens (tertiary/aromatic N) is 4. The third-order valence-corrected chi connectivity index (χ3v) is 7.38. The van der Waals surface area contributed by atoms with E-state index in [2.05, 4.69) is 15.0 Å². The molecule has 0 aliphatic carbocycles. The SMILES string of the molecule is Nc1nc2cc(CN3C(=O)c4cc(F)ccc4[C@]34CCN(Cc3nc5ccccc5o3)C4=O)[nH]c2cc1F. The Labute approximate surface area is 213 Å². The number of rotatable bonds is 4. The van der Waals surface area contributed by atoms with Crippen LogP contribution in [0.15, 0.2) is 59.0 Å². The van der Waals surface area contributed by atoms with E-state index in [1.54, 1.807) is 17.0 Å². The molecular weight excluding hydrogens is 494 g/mol. The summed E-state index contributed by atoms with van der Waals surface area (Å²) in [6, 6.07) is 14.1. The Morgan fingerprint density at radius 1 is 1.03 bits per heavy atom. The van der Waals surface area contributed by atoms with E-state index < -0.39 is 23.1 Å². The lowest BCUT2D eigenvalue weighted by Crippen LogP contribution is -2.49. The maximum atomic E-state index is 14.2. The van der Waals surface area contributed by atoms with E-state index in [1.807, 2.05) is 18.2 Å². The van der Waals surface area contributed by atoms with Crippen molar-refractivity contribution in [3.63, 3.8) is 0 Å². The summed E-state index contributed by atoms with van der Waals surface area (Å²) in [4.78, 5) is 42.3. The number of amides is 2. The molecule has 0 bridgehead atoms. The molecule has 1 spiro atoms. The molecule has 9 nitrogen and oxygen atoms in total. The fourth-order valence-electron chi connectivity index (χ4n) is 5.65. The zero-order valence-electron chi connectivity index (χ0n) is 19.9. The largest absolute Gasteiger partial charge is 0.439 e. The highest BCUT2D eigenvalue weighted by molar-refractivity contribution is 6.07. The second kappa shape index (κ2) is 7.85. The van der Waals surface area contributed by atoms with Crippen LogP contribution in [0.5, 0.6) is 0 Å². The van der Waals surface area contributed by atoms with Gasteiger partial charge >= 0.3 is 0 Å². The molecule has 2 amide bonds. The van der Waals surface area contributed by atoms with Gasteiger partial charge in [-0.05, 0) is 30.3 Å². The maximum Gasteiger partial charge on any atom is 0.255 e. The number of carbonyl (C=O) groups is 2. The van der Waals surface area contributed by atoms with Crippen molar-refractivity contribution in [2.24, 2.45) is 0 Å². The number of carbonyl (C=O) groups excluding carboxylic acids is 2. The average Bonchev–Trinajstić information content (AvgIpc) is 3.62. The van der Waals surface area contributed by atoms with Gasteiger partial charge in [0, 0.05) is 35.9 Å². The Balaban J connectivity index is 1.27. The van der Waals surface area contributed by atoms with Crippen LogP contribution in [0.2, 0.25) is 0 Å². The first kappa shape index (κ1) is 22.4. The third kappa shape index (κ3) is 3.14. The Kier molecular flexibility index (Phi) is 4.63. The summed E-state index contributed by atoms with van der Waals surface area (Å²) in [6.45, 7) is 0.465. The van der Waals surface area contributed by atoms with Crippen molar-refractivity contribution in [3.8, 4) is 0 Å². The molecule has 7 rings (SSSR count). The highest BCUT2D eigenvalue weighted by Crippen LogP contribution is 2.47. The van der Waals surface area contributed by atoms with Crippen LogP contribution in [0, 0.1) is 11.6 Å². The molecule has 1 atom stereocenters. The van der Waals surface area contributed by atoms with Gasteiger partial charge in [0.25, 0.3) is 11.8 Å². The summed E-state index contributed by atoms with van der Waals surface area (Å²) in [7, 11) is 0. The number of oxazole rings is 1. The molecule has 3 N–H and O–H groups in total. The molecule has 0 unspecified atom stereocenters. The number of aromatic nitrogens is 3. The van der Waals surface area contributed by atoms with Crippen molar-refractivity contribution in [2.45, 2.75) is 25.0 Å². The minimum atomic E-state index is -1.33. The number of hydrogen-bond donors (Lipinski definition) is 2. The number of pyridine rings is 1. The quantitative estimate of drug-likeness (QED) is 0.376. The van der Waals surface area contributed by atoms with Crippen molar-refractivity contribution >= 4 is 39.8 Å². The van der Waals surface area contributed by atoms with Crippen molar-refractivity contribution < 1.29 is 22.8 Å². The van der Waals surface area contributed by atoms with Crippen LogP contribution in [0.4, 0.5) is 14.6 Å². The standard InChI is InChI=1S/C27H20F2N6O3/c28-14-5-6-17-16(9-14)25(36)35(12-15-10-20-21(31-15)11-18(29)24(30)33-20)27(17)7-8-34(26(27)37)13-23-32-19-3-1-2-4-22(19)38-23/h1-6,9-11,31H,7-8,12-13H2,(H2,30,33)/t27-/m0/s1. The Morgan fingerprint density at radius 2 is 1.87 bits per heavy atom. The van der Waals surface area contributed by atoms with Crippen molar-refractivity contribution in [2.75, 3.05) is 12.3 Å². The number of nitrogens with one attached hydrogen (secondary N) is 1. The number of H-pyrrole nitrogens is 1. The summed E-state index contributed by atoms with van der Waals surface area (Å²) in [6.07, 6.45) is 0.302. The van der Waals surface area contributed by atoms with Gasteiger partial charge in [-0.3, -0.25) is 9.59 Å². The number of benzene rings is 2. The van der Waals surface area contributed by atoms with E-state index >= 15 is 0 Å². The highest BCUT2D eigenvalue weighted by Gasteiger charge is 2.59. The second-order valence-electron chi connectivity index (χ2n) is 9.58. The lowest BCUT2D eigenvalue weighted by Gasteiger charge is -2.34. The summed E-state index contributed by atoms with van der Waals surface area (Å²) < 4.78 is 34.0. The van der Waals surface area contributed by atoms with Crippen LogP contribution in [-0.4, -0.2) is 43.1 Å². The zero-order chi connectivity index (χ0) is 26.2. The van der Waals surface area contributed by atoms with Gasteiger partial charge in [0.1, 0.15) is 11.3 Å². The third-order valence-electron chi connectivity index (χ3n) is 7.38. The Morgan fingerprint density at radius 3 is 2.71 bits per heavy atom. The van der Waals surface area contributed by atoms with E-state index in [9.17, 15) is 18.4 Å². The van der Waals surface area contributed by atoms with E-state index in [4.69, 9.17) is 10.2 Å². The van der Waals surface area contributed by atoms with Gasteiger partial charge in [0.05, 0.1) is 24.1 Å². The van der Waals surface area contributed by atoms with Crippen LogP contribution in [-0.2, 0) is 23.4 Å². The number of fused-ring (bicyclic) bond motifs is 4. The van der Waals surface area contributed by atoms with Gasteiger partial charge < -0.3 is 24.9 Å². The molecule has 38 heavy (non-hydrogen) atoms. The van der Waals surface area contributed by atoms with Gasteiger partial charge in [-0.1, -0.05) is 18.2 Å². The number of nitrogen functional groups attached to an aromatic ring is 1. The number of likely N-dealkylation sites (tertiary alicyclic amines) is 1. The Bertz CT molecular complexity index is 1720. The van der Waals surface area contributed by atoms with E-state index in [0.717, 1.165) is 0 Å². The fourth-order valence-corrected chi connectivity index (χ4v) is 5.65. The highest BCUT2D eigenvalue weighted by atomic mass is 19.1. The number of hydrogen-bond acceptors (Lipinski definition) is 6. The number of nitrogens with two attached hydrogens (primary N) is 1. The predicted molar refractivity (Wildman–Crippen MR) is 132 cm³/mol. The van der Waals surface area contributed by atoms with Crippen LogP contribution >= 0.6 is 0 Å². The smallest absolute Gasteiger partial charge is 0.255 e. The minimum Gasteiger partial charge on any atom is -0.439 e. The normalized spacial score (nSPS) is 19.0. The topological polar surface area (TPSA) is 121 Å². The molecule has 2 aromatic carbocycles. The molecule has 2 aliphatic heterocycles. The summed E-state index contributed by atoms with van der Waals surface area (Å²) in [5.41, 5.74) is 7.55. The van der Waals surface area contributed by atoms with Crippen LogP contribution in [0.1, 0.15) is 33.9 Å². The molecule has 5 heterocycles. The first-order valence-electron chi connectivity index (χ1n) is 12.0. The molecule has 1 saturated heterocycles. The zero-order valence-corrected chi connectivity index (χ0v) is 19.9. The lowest BCUT2D eigenvalue weighted by atomic mass is 9.87. The van der Waals surface area contributed by atoms with E-state index in [1.165, 1.54) is 29.2 Å². The number of para-hydroxylation sites is 2. The number of aromatic amines is 1. The average molecular weight is 514 g/mol. The molecule has 0 radical (unpaired) electrons. The molecule has 5 aromatic rings. The van der Waals surface area contributed by atoms with Gasteiger partial charge in [-0.25, -0.2) is 18.7 Å². The monoisotopic (exact) mass is 514 g/mol. The Hall–Kier alpha value is -4.80. The lowest BCUT2D eigenvalue weighted by molar-refractivity contribution is -0.138. The summed E-state index contributed by atoms with van der Waals surface area (Å²) >= 11 is 0. The number of anilines is 1. The van der Waals surface area contributed by atoms with Gasteiger partial charge in [-0.2, -0.15) is 0 Å². The summed E-state index contributed by atoms with van der Waals surface area (Å²) in [5.74, 6) is -1.85. The molecule has 3 aromatic heterocycles. The number of halogens is 2. The van der Waals surface area contributed by atoms with Gasteiger partial charge in [0.15, 0.2) is 22.8 Å². The van der Waals surface area contributed by atoms with Crippen molar-refractivity contribution in [1.29, 1.82) is 0 Å². The minimum absolute atomic E-state index is 0.00448. The second-order valence-corrected chi connectivity index (χ2v) is 9.58. The molecular formula is C27H20F2N6O3. The van der Waals surface area contributed by atoms with Crippen molar-refractivity contribution in [1.82, 2.24) is 24.8 Å². The fraction of sp³-hybridized carbons (Fsp3) is 0.185. The van der Waals surface area contributed by atoms with Crippen LogP contribution < -0.4 is 5.73 Å². The van der Waals surface area contributed by atoms with Crippen molar-refractivity contribution in [3.05, 3.63) is 88.9 Å². The van der Waals surface area contributed by atoms with E-state index in [-0.39, 0.29) is 30.4 Å². The molecule has 190 valence electrons. The predicted octanol–water partition coefficient (Wildman–Crippen LogP) is 3.85. The van der Waals surface area contributed by atoms with E-state index in [0.29, 0.717) is 52.2 Å². The first-order valence-corrected chi connectivity index (χ1v) is 12.0. The van der Waals surface area contributed by atoms with Gasteiger partial charge in [-0.15, -0.1) is 0 Å². The van der Waals surface area contributed by atoms with Crippen LogP contribution in [0.25, 0.3) is 22.1 Å². The molecule has 11 heteroatoms. The first-order chi connectivity index (χ1) is 18.3.